The van der Waals surface area contributed by atoms with E-state index < -0.39 is 0 Å². The highest BCUT2D eigenvalue weighted by atomic mass is 19.1. The van der Waals surface area contributed by atoms with Crippen molar-refractivity contribution in [3.8, 4) is 17.6 Å². The summed E-state index contributed by atoms with van der Waals surface area (Å²) in [6, 6.07) is 11.4. The molecule has 0 fully saturated rings. The van der Waals surface area contributed by atoms with E-state index in [0.717, 1.165) is 11.3 Å². The van der Waals surface area contributed by atoms with Crippen LogP contribution in [0.3, 0.4) is 0 Å². The van der Waals surface area contributed by atoms with E-state index in [2.05, 4.69) is 22.0 Å². The first-order valence-corrected chi connectivity index (χ1v) is 6.66. The van der Waals surface area contributed by atoms with Crippen LogP contribution in [-0.4, -0.2) is 19.3 Å². The standard InChI is InChI=1S/C17H15FN4O/c1-23-16-8-3-12(4-9-16)2-5-13-10-15(18)7-6-14(13)11-21-22-17(19)20/h3-4,6-11H,1H3,(H4,19,20,22). The summed E-state index contributed by atoms with van der Waals surface area (Å²) in [5.41, 5.74) is 12.3. The smallest absolute Gasteiger partial charge is 0.211 e. The molecule has 0 bridgehead atoms. The lowest BCUT2D eigenvalue weighted by Gasteiger charge is -1.99. The van der Waals surface area contributed by atoms with Crippen molar-refractivity contribution in [1.29, 1.82) is 0 Å². The van der Waals surface area contributed by atoms with Crippen molar-refractivity contribution < 1.29 is 9.13 Å². The van der Waals surface area contributed by atoms with E-state index in [1.807, 2.05) is 12.1 Å². The second kappa shape index (κ2) is 7.61. The summed E-state index contributed by atoms with van der Waals surface area (Å²) in [5.74, 6) is 6.07. The first-order chi connectivity index (χ1) is 11.1. The van der Waals surface area contributed by atoms with Crippen molar-refractivity contribution in [1.82, 2.24) is 0 Å². The monoisotopic (exact) mass is 310 g/mol. The Balaban J connectivity index is 2.31. The van der Waals surface area contributed by atoms with Gasteiger partial charge in [-0.1, -0.05) is 11.8 Å². The molecule has 0 heterocycles. The summed E-state index contributed by atoms with van der Waals surface area (Å²) in [7, 11) is 1.59. The van der Waals surface area contributed by atoms with Crippen LogP contribution in [0, 0.1) is 17.7 Å². The Morgan fingerprint density at radius 3 is 2.52 bits per heavy atom. The molecule has 4 N–H and O–H groups in total. The Bertz CT molecular complexity index is 798. The predicted molar refractivity (Wildman–Crippen MR) is 88.8 cm³/mol. The van der Waals surface area contributed by atoms with Crippen LogP contribution >= 0.6 is 0 Å². The van der Waals surface area contributed by atoms with Gasteiger partial charge in [-0.3, -0.25) is 0 Å². The normalized spacial score (nSPS) is 10.0. The molecule has 0 saturated carbocycles. The summed E-state index contributed by atoms with van der Waals surface area (Å²) >= 11 is 0. The maximum absolute atomic E-state index is 13.4. The molecule has 23 heavy (non-hydrogen) atoms. The van der Waals surface area contributed by atoms with Gasteiger partial charge in [0.25, 0.3) is 0 Å². The van der Waals surface area contributed by atoms with Crippen molar-refractivity contribution in [3.63, 3.8) is 0 Å². The van der Waals surface area contributed by atoms with E-state index in [4.69, 9.17) is 16.2 Å². The number of methoxy groups -OCH3 is 1. The fraction of sp³-hybridized carbons (Fsp3) is 0.0588. The average molecular weight is 310 g/mol. The molecular weight excluding hydrogens is 295 g/mol. The Kier molecular flexibility index (Phi) is 5.31. The number of benzene rings is 2. The molecule has 5 nitrogen and oxygen atoms in total. The molecular formula is C17H15FN4O. The maximum atomic E-state index is 13.4. The minimum Gasteiger partial charge on any atom is -0.497 e. The quantitative estimate of drug-likeness (QED) is 0.392. The van der Waals surface area contributed by atoms with E-state index in [1.165, 1.54) is 18.3 Å². The first kappa shape index (κ1) is 16.0. The van der Waals surface area contributed by atoms with Gasteiger partial charge in [0.1, 0.15) is 11.6 Å². The first-order valence-electron chi connectivity index (χ1n) is 6.66. The Hall–Kier alpha value is -3.33. The molecule has 0 aliphatic heterocycles. The zero-order chi connectivity index (χ0) is 16.7. The third-order valence-electron chi connectivity index (χ3n) is 2.82. The van der Waals surface area contributed by atoms with Crippen molar-refractivity contribution >= 4 is 12.2 Å². The van der Waals surface area contributed by atoms with Gasteiger partial charge in [-0.25, -0.2) is 4.39 Å². The summed E-state index contributed by atoms with van der Waals surface area (Å²) in [4.78, 5) is 0. The second-order valence-corrected chi connectivity index (χ2v) is 4.48. The Morgan fingerprint density at radius 2 is 1.87 bits per heavy atom. The molecule has 0 radical (unpaired) electrons. The highest BCUT2D eigenvalue weighted by molar-refractivity contribution is 5.84. The summed E-state index contributed by atoms with van der Waals surface area (Å²) in [6.07, 6.45) is 1.41. The minimum atomic E-state index is -0.386. The van der Waals surface area contributed by atoms with Crippen molar-refractivity contribution in [2.75, 3.05) is 7.11 Å². The van der Waals surface area contributed by atoms with Gasteiger partial charge in [0.15, 0.2) is 0 Å². The van der Waals surface area contributed by atoms with Gasteiger partial charge in [0.05, 0.1) is 13.3 Å². The van der Waals surface area contributed by atoms with Gasteiger partial charge >= 0.3 is 0 Å². The van der Waals surface area contributed by atoms with E-state index in [9.17, 15) is 4.39 Å². The fourth-order valence-electron chi connectivity index (χ4n) is 1.72. The van der Waals surface area contributed by atoms with Crippen LogP contribution in [0.15, 0.2) is 52.7 Å². The topological polar surface area (TPSA) is 86.0 Å². The number of ether oxygens (including phenoxy) is 1. The van der Waals surface area contributed by atoms with Crippen molar-refractivity contribution in [2.45, 2.75) is 0 Å². The van der Waals surface area contributed by atoms with Crippen LogP contribution in [-0.2, 0) is 0 Å². The number of hydrogen-bond acceptors (Lipinski definition) is 3. The number of nitrogens with two attached hydrogens (primary N) is 2. The zero-order valence-electron chi connectivity index (χ0n) is 12.5. The van der Waals surface area contributed by atoms with E-state index >= 15 is 0 Å². The summed E-state index contributed by atoms with van der Waals surface area (Å²) < 4.78 is 18.5. The highest BCUT2D eigenvalue weighted by Gasteiger charge is 2.00. The maximum Gasteiger partial charge on any atom is 0.211 e. The van der Waals surface area contributed by atoms with Crippen LogP contribution in [0.5, 0.6) is 5.75 Å². The molecule has 116 valence electrons. The average Bonchev–Trinajstić information content (AvgIpc) is 2.55. The number of guanidine groups is 1. The fourth-order valence-corrected chi connectivity index (χ4v) is 1.72. The Labute approximate surface area is 133 Å². The van der Waals surface area contributed by atoms with Gasteiger partial charge < -0.3 is 16.2 Å². The molecule has 0 aliphatic carbocycles. The molecule has 0 amide bonds. The van der Waals surface area contributed by atoms with Crippen LogP contribution in [0.2, 0.25) is 0 Å². The Morgan fingerprint density at radius 1 is 1.13 bits per heavy atom. The zero-order valence-corrected chi connectivity index (χ0v) is 12.5. The lowest BCUT2D eigenvalue weighted by atomic mass is 10.1. The van der Waals surface area contributed by atoms with Gasteiger partial charge in [0, 0.05) is 16.7 Å². The molecule has 0 aliphatic rings. The molecule has 2 aromatic rings. The number of halogens is 1. The number of nitrogens with zero attached hydrogens (tertiary/aromatic N) is 2. The van der Waals surface area contributed by atoms with Crippen LogP contribution in [0.1, 0.15) is 16.7 Å². The van der Waals surface area contributed by atoms with Crippen molar-refractivity contribution in [3.05, 3.63) is 65.0 Å². The molecule has 0 atom stereocenters. The van der Waals surface area contributed by atoms with E-state index in [-0.39, 0.29) is 11.8 Å². The molecule has 2 rings (SSSR count). The number of hydrogen-bond donors (Lipinski definition) is 2. The lowest BCUT2D eigenvalue weighted by Crippen LogP contribution is -2.21. The van der Waals surface area contributed by atoms with Gasteiger partial charge in [0.2, 0.25) is 5.96 Å². The van der Waals surface area contributed by atoms with Gasteiger partial charge in [-0.15, -0.1) is 5.10 Å². The molecule has 0 spiro atoms. The largest absolute Gasteiger partial charge is 0.497 e. The molecule has 0 saturated heterocycles. The SMILES string of the molecule is COc1ccc(C#Cc2cc(F)ccc2C=NN=C(N)N)cc1. The second-order valence-electron chi connectivity index (χ2n) is 4.48. The van der Waals surface area contributed by atoms with Crippen LogP contribution < -0.4 is 16.2 Å². The van der Waals surface area contributed by atoms with E-state index in [1.54, 1.807) is 25.3 Å². The van der Waals surface area contributed by atoms with Gasteiger partial charge in [-0.05, 0) is 42.5 Å². The predicted octanol–water partition coefficient (Wildman–Crippen LogP) is 1.84. The van der Waals surface area contributed by atoms with Crippen LogP contribution in [0.25, 0.3) is 0 Å². The van der Waals surface area contributed by atoms with E-state index in [0.29, 0.717) is 11.1 Å². The number of rotatable bonds is 3. The van der Waals surface area contributed by atoms with Crippen LogP contribution in [0.4, 0.5) is 4.39 Å². The van der Waals surface area contributed by atoms with Crippen molar-refractivity contribution in [2.24, 2.45) is 21.7 Å². The molecule has 2 aromatic carbocycles. The summed E-state index contributed by atoms with van der Waals surface area (Å²) in [5, 5.41) is 7.22. The molecule has 0 aromatic heterocycles. The minimum absolute atomic E-state index is 0.158. The third-order valence-corrected chi connectivity index (χ3v) is 2.82. The molecule has 6 heteroatoms. The summed E-state index contributed by atoms with van der Waals surface area (Å²) in [6.45, 7) is 0. The highest BCUT2D eigenvalue weighted by Crippen LogP contribution is 2.12. The van der Waals surface area contributed by atoms with Gasteiger partial charge in [-0.2, -0.15) is 5.10 Å². The lowest BCUT2D eigenvalue weighted by molar-refractivity contribution is 0.415. The molecule has 0 unspecified atom stereocenters. The third kappa shape index (κ3) is 4.86.